The fourth-order valence-electron chi connectivity index (χ4n) is 3.12. The van der Waals surface area contributed by atoms with E-state index in [0.717, 1.165) is 26.1 Å². The fraction of sp³-hybridized carbons (Fsp3) is 0.0870. The summed E-state index contributed by atoms with van der Waals surface area (Å²) < 4.78 is 6.71. The first kappa shape index (κ1) is 19.8. The molecule has 1 N–H and O–H groups in total. The molecule has 4 rings (SSSR count). The third kappa shape index (κ3) is 3.71. The van der Waals surface area contributed by atoms with Crippen LogP contribution in [-0.2, 0) is 9.59 Å². The highest BCUT2D eigenvalue weighted by molar-refractivity contribution is 9.10. The van der Waals surface area contributed by atoms with Crippen molar-refractivity contribution >= 4 is 45.5 Å². The van der Waals surface area contributed by atoms with E-state index < -0.39 is 17.8 Å². The van der Waals surface area contributed by atoms with Crippen LogP contribution in [0.15, 0.2) is 69.1 Å². The van der Waals surface area contributed by atoms with E-state index in [1.54, 1.807) is 36.4 Å². The van der Waals surface area contributed by atoms with Gasteiger partial charge in [0.2, 0.25) is 0 Å². The summed E-state index contributed by atoms with van der Waals surface area (Å²) in [7, 11) is 0. The summed E-state index contributed by atoms with van der Waals surface area (Å²) in [5.74, 6) is -0.553. The predicted molar refractivity (Wildman–Crippen MR) is 117 cm³/mol. The monoisotopic (exact) mass is 464 g/mol. The Morgan fingerprint density at radius 1 is 0.933 bits per heavy atom. The van der Waals surface area contributed by atoms with E-state index in [9.17, 15) is 14.4 Å². The van der Waals surface area contributed by atoms with Crippen LogP contribution in [0.3, 0.4) is 0 Å². The highest BCUT2D eigenvalue weighted by atomic mass is 79.9. The molecule has 0 spiro atoms. The number of barbiturate groups is 1. The molecule has 0 unspecified atom stereocenters. The molecular formula is C23H17BrN2O4. The number of hydrogen-bond donors (Lipinski definition) is 1. The van der Waals surface area contributed by atoms with Gasteiger partial charge in [-0.25, -0.2) is 9.69 Å². The third-order valence-corrected chi connectivity index (χ3v) is 5.35. The molecule has 1 aromatic heterocycles. The Bertz CT molecular complexity index is 1210. The summed E-state index contributed by atoms with van der Waals surface area (Å²) in [4.78, 5) is 38.5. The minimum absolute atomic E-state index is 0.181. The number of nitrogens with zero attached hydrogens (tertiary/aromatic N) is 1. The Labute approximate surface area is 181 Å². The first-order chi connectivity index (χ1) is 14.3. The summed E-state index contributed by atoms with van der Waals surface area (Å²) >= 11 is 3.52. The van der Waals surface area contributed by atoms with Crippen molar-refractivity contribution in [3.63, 3.8) is 0 Å². The first-order valence-electron chi connectivity index (χ1n) is 9.18. The van der Waals surface area contributed by atoms with E-state index in [2.05, 4.69) is 21.2 Å². The molecule has 6 nitrogen and oxygen atoms in total. The fourth-order valence-corrected chi connectivity index (χ4v) is 3.81. The molecule has 150 valence electrons. The third-order valence-electron chi connectivity index (χ3n) is 4.70. The smallest absolute Gasteiger partial charge is 0.335 e. The number of carbonyl (C=O) groups is 3. The Hall–Kier alpha value is -3.45. The molecule has 4 amide bonds. The average Bonchev–Trinajstić information content (AvgIpc) is 3.15. The molecule has 0 saturated carbocycles. The molecule has 1 saturated heterocycles. The van der Waals surface area contributed by atoms with Crippen LogP contribution in [0, 0.1) is 13.8 Å². The number of nitrogens with one attached hydrogen (secondary N) is 1. The number of halogens is 1. The maximum atomic E-state index is 12.9. The maximum absolute atomic E-state index is 12.9. The first-order valence-corrected chi connectivity index (χ1v) is 9.97. The largest absolute Gasteiger partial charge is 0.457 e. The Morgan fingerprint density at radius 3 is 2.33 bits per heavy atom. The van der Waals surface area contributed by atoms with Crippen LogP contribution in [0.4, 0.5) is 10.5 Å². The number of aryl methyl sites for hydroxylation is 2. The van der Waals surface area contributed by atoms with E-state index >= 15 is 0 Å². The van der Waals surface area contributed by atoms with Crippen LogP contribution in [0.25, 0.3) is 17.4 Å². The van der Waals surface area contributed by atoms with Crippen molar-refractivity contribution in [1.29, 1.82) is 0 Å². The number of urea groups is 1. The van der Waals surface area contributed by atoms with Crippen molar-refractivity contribution in [2.75, 3.05) is 4.90 Å². The SMILES string of the molecule is Cc1ccc(N2C(=O)NC(=O)C(=Cc3ccc(-c4ccc(C)cc4Br)o3)C2=O)cc1. The second-order valence-corrected chi connectivity index (χ2v) is 7.83. The van der Waals surface area contributed by atoms with Gasteiger partial charge < -0.3 is 4.42 Å². The van der Waals surface area contributed by atoms with E-state index in [4.69, 9.17) is 4.42 Å². The van der Waals surface area contributed by atoms with E-state index in [-0.39, 0.29) is 5.57 Å². The molecule has 30 heavy (non-hydrogen) atoms. The summed E-state index contributed by atoms with van der Waals surface area (Å²) in [6.45, 7) is 3.89. The van der Waals surface area contributed by atoms with Gasteiger partial charge in [0.15, 0.2) is 0 Å². The van der Waals surface area contributed by atoms with Crippen molar-refractivity contribution in [3.8, 4) is 11.3 Å². The lowest BCUT2D eigenvalue weighted by molar-refractivity contribution is -0.122. The van der Waals surface area contributed by atoms with Crippen LogP contribution in [0.2, 0.25) is 0 Å². The van der Waals surface area contributed by atoms with Gasteiger partial charge in [0.25, 0.3) is 11.8 Å². The van der Waals surface area contributed by atoms with Crippen molar-refractivity contribution < 1.29 is 18.8 Å². The minimum atomic E-state index is -0.783. The van der Waals surface area contributed by atoms with Crippen LogP contribution in [-0.4, -0.2) is 17.8 Å². The maximum Gasteiger partial charge on any atom is 0.335 e. The van der Waals surface area contributed by atoms with Gasteiger partial charge in [-0.2, -0.15) is 0 Å². The Morgan fingerprint density at radius 2 is 1.63 bits per heavy atom. The van der Waals surface area contributed by atoms with Crippen molar-refractivity contribution in [1.82, 2.24) is 5.32 Å². The number of amides is 4. The summed E-state index contributed by atoms with van der Waals surface area (Å²) in [5.41, 5.74) is 3.14. The van der Waals surface area contributed by atoms with Crippen molar-refractivity contribution in [2.24, 2.45) is 0 Å². The highest BCUT2D eigenvalue weighted by Crippen LogP contribution is 2.31. The van der Waals surface area contributed by atoms with Crippen LogP contribution in [0.1, 0.15) is 16.9 Å². The summed E-state index contributed by atoms with van der Waals surface area (Å²) in [6.07, 6.45) is 1.34. The lowest BCUT2D eigenvalue weighted by atomic mass is 10.1. The second-order valence-electron chi connectivity index (χ2n) is 6.98. The van der Waals surface area contributed by atoms with Gasteiger partial charge in [0.05, 0.1) is 5.69 Å². The lowest BCUT2D eigenvalue weighted by Crippen LogP contribution is -2.54. The number of furan rings is 1. The van der Waals surface area contributed by atoms with Gasteiger partial charge in [-0.1, -0.05) is 39.7 Å². The van der Waals surface area contributed by atoms with Crippen LogP contribution in [0.5, 0.6) is 0 Å². The average molecular weight is 465 g/mol. The number of rotatable bonds is 3. The molecule has 0 atom stereocenters. The topological polar surface area (TPSA) is 79.6 Å². The highest BCUT2D eigenvalue weighted by Gasteiger charge is 2.37. The Kier molecular flexibility index (Phi) is 5.13. The molecule has 2 heterocycles. The predicted octanol–water partition coefficient (Wildman–Crippen LogP) is 4.99. The zero-order valence-electron chi connectivity index (χ0n) is 16.2. The molecule has 0 bridgehead atoms. The molecule has 3 aromatic rings. The number of imide groups is 2. The van der Waals surface area contributed by atoms with Gasteiger partial charge >= 0.3 is 6.03 Å². The van der Waals surface area contributed by atoms with E-state index in [1.165, 1.54) is 6.08 Å². The number of carbonyl (C=O) groups excluding carboxylic acids is 3. The molecule has 1 aliphatic heterocycles. The molecule has 2 aromatic carbocycles. The molecule has 0 radical (unpaired) electrons. The molecule has 1 aliphatic rings. The second kappa shape index (κ2) is 7.76. The summed E-state index contributed by atoms with van der Waals surface area (Å²) in [5, 5.41) is 2.21. The molecule has 1 fully saturated rings. The Balaban J connectivity index is 1.68. The normalized spacial score (nSPS) is 15.6. The van der Waals surface area contributed by atoms with Crippen molar-refractivity contribution in [2.45, 2.75) is 13.8 Å². The lowest BCUT2D eigenvalue weighted by Gasteiger charge is -2.26. The van der Waals surface area contributed by atoms with Crippen molar-refractivity contribution in [3.05, 3.63) is 81.5 Å². The zero-order chi connectivity index (χ0) is 21.4. The minimum Gasteiger partial charge on any atom is -0.457 e. The number of benzene rings is 2. The van der Waals surface area contributed by atoms with Gasteiger partial charge in [-0.05, 0) is 61.9 Å². The quantitative estimate of drug-likeness (QED) is 0.437. The van der Waals surface area contributed by atoms with E-state index in [1.807, 2.05) is 32.0 Å². The number of anilines is 1. The van der Waals surface area contributed by atoms with Gasteiger partial charge in [0, 0.05) is 10.0 Å². The van der Waals surface area contributed by atoms with Gasteiger partial charge in [-0.15, -0.1) is 0 Å². The molecule has 0 aliphatic carbocycles. The van der Waals surface area contributed by atoms with Gasteiger partial charge in [-0.3, -0.25) is 14.9 Å². The molecular weight excluding hydrogens is 448 g/mol. The van der Waals surface area contributed by atoms with Crippen LogP contribution >= 0.6 is 15.9 Å². The van der Waals surface area contributed by atoms with Gasteiger partial charge in [0.1, 0.15) is 17.1 Å². The number of hydrogen-bond acceptors (Lipinski definition) is 4. The van der Waals surface area contributed by atoms with Crippen LogP contribution < -0.4 is 10.2 Å². The standard InChI is InChI=1S/C23H17BrN2O4/c1-13-3-6-15(7-4-13)26-22(28)18(21(27)25-23(26)29)12-16-8-10-20(30-16)17-9-5-14(2)11-19(17)24/h3-12H,1-2H3,(H,25,27,29). The molecule has 7 heteroatoms. The zero-order valence-corrected chi connectivity index (χ0v) is 17.8. The van der Waals surface area contributed by atoms with E-state index in [0.29, 0.717) is 17.2 Å². The summed E-state index contributed by atoms with van der Waals surface area (Å²) in [6, 6.07) is 15.4.